The van der Waals surface area contributed by atoms with Crippen molar-refractivity contribution in [2.24, 2.45) is 11.1 Å². The first-order valence-electron chi connectivity index (χ1n) is 14.4. The standard InChI is InChI=1S/C32H37Cl3N4O3/c1-31(2)10-16-38(17-11-31)32(30(36)42)12-14-37(15-13-32)29(41)25-20-28(24-8-5-22(34)19-26(24)35)39(27(25)9-18-40)23-6-3-21(33)4-7-23/h3-8,19-20,40H,9-18H2,1-2H3,(H2,36,42). The smallest absolute Gasteiger partial charge is 0.255 e. The van der Waals surface area contributed by atoms with E-state index < -0.39 is 5.54 Å². The zero-order valence-electron chi connectivity index (χ0n) is 24.0. The number of rotatable bonds is 7. The Kier molecular flexibility index (Phi) is 8.98. The first kappa shape index (κ1) is 30.9. The maximum absolute atomic E-state index is 14.2. The van der Waals surface area contributed by atoms with Gasteiger partial charge in [0.2, 0.25) is 5.91 Å². The summed E-state index contributed by atoms with van der Waals surface area (Å²) in [5.74, 6) is -0.473. The molecular weight excluding hydrogens is 595 g/mol. The van der Waals surface area contributed by atoms with Gasteiger partial charge in [0.1, 0.15) is 5.54 Å². The van der Waals surface area contributed by atoms with Gasteiger partial charge in [0.05, 0.1) is 16.3 Å². The summed E-state index contributed by atoms with van der Waals surface area (Å²) in [4.78, 5) is 31.1. The summed E-state index contributed by atoms with van der Waals surface area (Å²) in [6, 6.07) is 14.4. The van der Waals surface area contributed by atoms with Crippen molar-refractivity contribution in [1.29, 1.82) is 0 Å². The normalized spacial score (nSPS) is 18.7. The average molecular weight is 632 g/mol. The molecule has 3 N–H and O–H groups in total. The van der Waals surface area contributed by atoms with Crippen LogP contribution in [0, 0.1) is 5.41 Å². The van der Waals surface area contributed by atoms with E-state index in [9.17, 15) is 14.7 Å². The molecule has 7 nitrogen and oxygen atoms in total. The minimum absolute atomic E-state index is 0.151. The van der Waals surface area contributed by atoms with Gasteiger partial charge in [-0.2, -0.15) is 0 Å². The molecular formula is C32H37Cl3N4O3. The molecule has 2 amide bonds. The second-order valence-electron chi connectivity index (χ2n) is 12.1. The molecule has 1 aromatic heterocycles. The summed E-state index contributed by atoms with van der Waals surface area (Å²) in [5, 5.41) is 11.6. The highest BCUT2D eigenvalue weighted by Crippen LogP contribution is 2.39. The van der Waals surface area contributed by atoms with E-state index in [2.05, 4.69) is 18.7 Å². The van der Waals surface area contributed by atoms with Crippen molar-refractivity contribution in [3.05, 3.63) is 74.9 Å². The highest BCUT2D eigenvalue weighted by Gasteiger charge is 2.47. The Bertz CT molecular complexity index is 1470. The lowest BCUT2D eigenvalue weighted by molar-refractivity contribution is -0.135. The Balaban J connectivity index is 1.50. The van der Waals surface area contributed by atoms with Crippen LogP contribution in [0.15, 0.2) is 48.5 Å². The number of carbonyl (C=O) groups is 2. The Hall–Kier alpha value is -2.55. The van der Waals surface area contributed by atoms with Gasteiger partial charge < -0.3 is 20.3 Å². The number of hydrogen-bond acceptors (Lipinski definition) is 4. The van der Waals surface area contributed by atoms with Gasteiger partial charge in [-0.3, -0.25) is 14.5 Å². The van der Waals surface area contributed by atoms with Crippen LogP contribution in [-0.4, -0.2) is 69.6 Å². The molecule has 10 heteroatoms. The van der Waals surface area contributed by atoms with Gasteiger partial charge in [-0.05, 0) is 92.7 Å². The maximum atomic E-state index is 14.2. The summed E-state index contributed by atoms with van der Waals surface area (Å²) in [6.45, 7) is 6.82. The lowest BCUT2D eigenvalue weighted by atomic mass is 9.78. The Morgan fingerprint density at radius 2 is 1.50 bits per heavy atom. The van der Waals surface area contributed by atoms with Crippen LogP contribution in [-0.2, 0) is 11.2 Å². The third-order valence-electron chi connectivity index (χ3n) is 9.03. The van der Waals surface area contributed by atoms with E-state index in [4.69, 9.17) is 40.5 Å². The Labute approximate surface area is 262 Å². The number of aliphatic hydroxyl groups excluding tert-OH is 1. The van der Waals surface area contributed by atoms with Crippen LogP contribution in [0.25, 0.3) is 16.9 Å². The van der Waals surface area contributed by atoms with Crippen molar-refractivity contribution in [2.75, 3.05) is 32.8 Å². The molecule has 3 heterocycles. The Morgan fingerprint density at radius 3 is 2.07 bits per heavy atom. The lowest BCUT2D eigenvalue weighted by Crippen LogP contribution is -2.64. The molecule has 0 atom stereocenters. The average Bonchev–Trinajstić information content (AvgIpc) is 3.32. The Morgan fingerprint density at radius 1 is 0.881 bits per heavy atom. The highest BCUT2D eigenvalue weighted by atomic mass is 35.5. The van der Waals surface area contributed by atoms with Crippen molar-refractivity contribution in [1.82, 2.24) is 14.4 Å². The van der Waals surface area contributed by atoms with E-state index in [1.807, 2.05) is 28.8 Å². The number of benzene rings is 2. The van der Waals surface area contributed by atoms with Crippen LogP contribution in [0.4, 0.5) is 0 Å². The van der Waals surface area contributed by atoms with E-state index in [0.717, 1.165) is 31.6 Å². The first-order chi connectivity index (χ1) is 20.0. The molecule has 0 aliphatic carbocycles. The molecule has 2 aromatic carbocycles. The number of aliphatic hydroxyl groups is 1. The monoisotopic (exact) mass is 630 g/mol. The van der Waals surface area contributed by atoms with Crippen molar-refractivity contribution >= 4 is 46.6 Å². The fourth-order valence-corrected chi connectivity index (χ4v) is 7.01. The number of nitrogens with two attached hydrogens (primary N) is 1. The largest absolute Gasteiger partial charge is 0.396 e. The van der Waals surface area contributed by atoms with E-state index in [1.54, 1.807) is 29.2 Å². The second-order valence-corrected chi connectivity index (χ2v) is 13.4. The van der Waals surface area contributed by atoms with E-state index in [0.29, 0.717) is 63.5 Å². The van der Waals surface area contributed by atoms with Gasteiger partial charge in [-0.1, -0.05) is 48.7 Å². The van der Waals surface area contributed by atoms with Crippen molar-refractivity contribution in [3.63, 3.8) is 0 Å². The van der Waals surface area contributed by atoms with Gasteiger partial charge in [0, 0.05) is 53.1 Å². The zero-order chi connectivity index (χ0) is 30.2. The van der Waals surface area contributed by atoms with Crippen molar-refractivity contribution < 1.29 is 14.7 Å². The molecule has 2 aliphatic rings. The summed E-state index contributed by atoms with van der Waals surface area (Å²) >= 11 is 19.0. The molecule has 2 saturated heterocycles. The topological polar surface area (TPSA) is 91.8 Å². The van der Waals surface area contributed by atoms with E-state index in [-0.39, 0.29) is 30.3 Å². The minimum atomic E-state index is -0.752. The fourth-order valence-electron chi connectivity index (χ4n) is 6.38. The summed E-state index contributed by atoms with van der Waals surface area (Å²) in [7, 11) is 0. The summed E-state index contributed by atoms with van der Waals surface area (Å²) in [5.41, 5.74) is 8.86. The molecule has 224 valence electrons. The molecule has 2 fully saturated rings. The predicted molar refractivity (Wildman–Crippen MR) is 169 cm³/mol. The first-order valence-corrected chi connectivity index (χ1v) is 15.5. The molecule has 5 rings (SSSR count). The summed E-state index contributed by atoms with van der Waals surface area (Å²) < 4.78 is 1.95. The summed E-state index contributed by atoms with van der Waals surface area (Å²) in [6.07, 6.45) is 3.22. The zero-order valence-corrected chi connectivity index (χ0v) is 26.3. The third-order valence-corrected chi connectivity index (χ3v) is 9.83. The van der Waals surface area contributed by atoms with Crippen LogP contribution >= 0.6 is 34.8 Å². The number of primary amides is 1. The molecule has 0 unspecified atom stereocenters. The fraction of sp³-hybridized carbons (Fsp3) is 0.438. The van der Waals surface area contributed by atoms with Gasteiger partial charge in [0.25, 0.3) is 5.91 Å². The number of hydrogen-bond donors (Lipinski definition) is 2. The minimum Gasteiger partial charge on any atom is -0.396 e. The predicted octanol–water partition coefficient (Wildman–Crippen LogP) is 6.22. The van der Waals surface area contributed by atoms with Gasteiger partial charge in [0.15, 0.2) is 0 Å². The van der Waals surface area contributed by atoms with Gasteiger partial charge >= 0.3 is 0 Å². The molecule has 0 radical (unpaired) electrons. The maximum Gasteiger partial charge on any atom is 0.255 e. The second kappa shape index (κ2) is 12.2. The van der Waals surface area contributed by atoms with Gasteiger partial charge in [-0.15, -0.1) is 0 Å². The number of halogens is 3. The number of amides is 2. The number of aromatic nitrogens is 1. The van der Waals surface area contributed by atoms with E-state index in [1.165, 1.54) is 0 Å². The van der Waals surface area contributed by atoms with Crippen molar-refractivity contribution in [3.8, 4) is 16.9 Å². The van der Waals surface area contributed by atoms with E-state index >= 15 is 0 Å². The molecule has 2 aliphatic heterocycles. The highest BCUT2D eigenvalue weighted by molar-refractivity contribution is 6.36. The SMILES string of the molecule is CC1(C)CCN(C2(C(N)=O)CCN(C(=O)c3cc(-c4ccc(Cl)cc4Cl)n(-c4ccc(Cl)cc4)c3CCO)CC2)CC1. The van der Waals surface area contributed by atoms with Crippen LogP contribution < -0.4 is 5.73 Å². The number of piperidine rings is 2. The lowest BCUT2D eigenvalue weighted by Gasteiger charge is -2.50. The number of nitrogens with zero attached hydrogens (tertiary/aromatic N) is 3. The molecule has 0 saturated carbocycles. The van der Waals surface area contributed by atoms with Crippen LogP contribution in [0.2, 0.25) is 15.1 Å². The molecule has 0 spiro atoms. The number of likely N-dealkylation sites (tertiary alicyclic amines) is 2. The van der Waals surface area contributed by atoms with Crippen LogP contribution in [0.1, 0.15) is 55.6 Å². The van der Waals surface area contributed by atoms with Crippen LogP contribution in [0.3, 0.4) is 0 Å². The van der Waals surface area contributed by atoms with Crippen molar-refractivity contribution in [2.45, 2.75) is 51.5 Å². The van der Waals surface area contributed by atoms with Crippen LogP contribution in [0.5, 0.6) is 0 Å². The quantitative estimate of drug-likeness (QED) is 0.324. The third kappa shape index (κ3) is 5.95. The number of carbonyl (C=O) groups excluding carboxylic acids is 2. The molecule has 0 bridgehead atoms. The van der Waals surface area contributed by atoms with Gasteiger partial charge in [-0.25, -0.2) is 0 Å². The molecule has 42 heavy (non-hydrogen) atoms. The molecule has 3 aromatic rings.